The Labute approximate surface area is 108 Å². The normalized spacial score (nSPS) is 17.8. The van der Waals surface area contributed by atoms with Gasteiger partial charge >= 0.3 is 12.0 Å². The van der Waals surface area contributed by atoms with Crippen molar-refractivity contribution in [2.75, 3.05) is 13.6 Å². The van der Waals surface area contributed by atoms with Gasteiger partial charge < -0.3 is 15.3 Å². The van der Waals surface area contributed by atoms with Crippen LogP contribution in [0.2, 0.25) is 0 Å². The van der Waals surface area contributed by atoms with Crippen molar-refractivity contribution in [2.45, 2.75) is 44.1 Å². The van der Waals surface area contributed by atoms with Gasteiger partial charge in [-0.25, -0.2) is 4.79 Å². The van der Waals surface area contributed by atoms with Crippen molar-refractivity contribution in [3.05, 3.63) is 12.7 Å². The number of carboxylic acids is 1. The highest BCUT2D eigenvalue weighted by Gasteiger charge is 2.40. The molecule has 2 N–H and O–H groups in total. The molecule has 0 bridgehead atoms. The van der Waals surface area contributed by atoms with Gasteiger partial charge in [0, 0.05) is 13.6 Å². The summed E-state index contributed by atoms with van der Waals surface area (Å²) in [6.07, 6.45) is 6.22. The summed E-state index contributed by atoms with van der Waals surface area (Å²) in [4.78, 5) is 24.6. The lowest BCUT2D eigenvalue weighted by atomic mass is 9.78. The number of carboxylic acid groups (broad SMARTS) is 1. The molecule has 1 aliphatic rings. The molecule has 0 saturated heterocycles. The molecular formula is C13H22N2O3. The second kappa shape index (κ2) is 6.42. The highest BCUT2D eigenvalue weighted by molar-refractivity contribution is 5.76. The summed E-state index contributed by atoms with van der Waals surface area (Å²) in [6, 6.07) is -0.224. The molecule has 0 spiro atoms. The van der Waals surface area contributed by atoms with E-state index in [2.05, 4.69) is 11.9 Å². The topological polar surface area (TPSA) is 69.6 Å². The van der Waals surface area contributed by atoms with Gasteiger partial charge in [0.25, 0.3) is 0 Å². The smallest absolute Gasteiger partial charge is 0.317 e. The third-order valence-electron chi connectivity index (χ3n) is 3.68. The Morgan fingerprint density at radius 1 is 1.39 bits per heavy atom. The molecule has 0 aromatic carbocycles. The number of carbonyl (C=O) groups excluding carboxylic acids is 1. The van der Waals surface area contributed by atoms with E-state index in [0.717, 1.165) is 32.1 Å². The Morgan fingerprint density at radius 2 is 2.00 bits per heavy atom. The minimum absolute atomic E-state index is 0.0189. The largest absolute Gasteiger partial charge is 0.481 e. The molecule has 1 fully saturated rings. The van der Waals surface area contributed by atoms with E-state index < -0.39 is 11.5 Å². The van der Waals surface area contributed by atoms with Crippen molar-refractivity contribution in [1.29, 1.82) is 0 Å². The predicted molar refractivity (Wildman–Crippen MR) is 69.4 cm³/mol. The number of hydrogen-bond donors (Lipinski definition) is 2. The second-order valence-corrected chi connectivity index (χ2v) is 4.89. The van der Waals surface area contributed by atoms with Crippen LogP contribution in [0.4, 0.5) is 4.79 Å². The number of nitrogens with zero attached hydrogens (tertiary/aromatic N) is 1. The zero-order valence-corrected chi connectivity index (χ0v) is 10.9. The van der Waals surface area contributed by atoms with Gasteiger partial charge in [-0.05, 0) is 12.8 Å². The maximum Gasteiger partial charge on any atom is 0.317 e. The van der Waals surface area contributed by atoms with Gasteiger partial charge in [0.05, 0.1) is 12.0 Å². The predicted octanol–water partition coefficient (Wildman–Crippen LogP) is 1.99. The molecule has 0 atom stereocenters. The van der Waals surface area contributed by atoms with Crippen molar-refractivity contribution in [2.24, 2.45) is 0 Å². The molecule has 1 aliphatic carbocycles. The van der Waals surface area contributed by atoms with Crippen molar-refractivity contribution in [3.8, 4) is 0 Å². The van der Waals surface area contributed by atoms with Crippen molar-refractivity contribution in [3.63, 3.8) is 0 Å². The van der Waals surface area contributed by atoms with Crippen LogP contribution in [-0.4, -0.2) is 41.1 Å². The van der Waals surface area contributed by atoms with E-state index in [1.54, 1.807) is 18.0 Å². The molecule has 0 aromatic heterocycles. The van der Waals surface area contributed by atoms with Gasteiger partial charge in [-0.3, -0.25) is 4.79 Å². The van der Waals surface area contributed by atoms with Gasteiger partial charge in [-0.1, -0.05) is 25.3 Å². The van der Waals surface area contributed by atoms with E-state index in [4.69, 9.17) is 5.11 Å². The van der Waals surface area contributed by atoms with Crippen LogP contribution in [0.3, 0.4) is 0 Å². The lowest BCUT2D eigenvalue weighted by Crippen LogP contribution is -2.55. The lowest BCUT2D eigenvalue weighted by Gasteiger charge is -2.43. The summed E-state index contributed by atoms with van der Waals surface area (Å²) in [5.74, 6) is -0.847. The lowest BCUT2D eigenvalue weighted by molar-refractivity contribution is -0.140. The van der Waals surface area contributed by atoms with Gasteiger partial charge in [0.15, 0.2) is 0 Å². The summed E-state index contributed by atoms with van der Waals surface area (Å²) < 4.78 is 0. The number of carbonyl (C=O) groups is 2. The van der Waals surface area contributed by atoms with Crippen LogP contribution in [-0.2, 0) is 4.79 Å². The van der Waals surface area contributed by atoms with Crippen molar-refractivity contribution < 1.29 is 14.7 Å². The number of aliphatic carboxylic acids is 1. The van der Waals surface area contributed by atoms with Crippen molar-refractivity contribution >= 4 is 12.0 Å². The Hall–Kier alpha value is -1.52. The second-order valence-electron chi connectivity index (χ2n) is 4.89. The minimum atomic E-state index is -0.847. The molecule has 18 heavy (non-hydrogen) atoms. The fraction of sp³-hybridized carbons (Fsp3) is 0.692. The van der Waals surface area contributed by atoms with Crippen LogP contribution in [0.15, 0.2) is 12.7 Å². The highest BCUT2D eigenvalue weighted by atomic mass is 16.4. The van der Waals surface area contributed by atoms with Crippen LogP contribution >= 0.6 is 0 Å². The van der Waals surface area contributed by atoms with E-state index in [9.17, 15) is 9.59 Å². The van der Waals surface area contributed by atoms with Gasteiger partial charge in [-0.2, -0.15) is 0 Å². The first-order valence-electron chi connectivity index (χ1n) is 6.36. The minimum Gasteiger partial charge on any atom is -0.481 e. The number of hydrogen-bond acceptors (Lipinski definition) is 2. The summed E-state index contributed by atoms with van der Waals surface area (Å²) in [5, 5.41) is 11.8. The first-order chi connectivity index (χ1) is 8.52. The Morgan fingerprint density at radius 3 is 2.50 bits per heavy atom. The Bertz CT molecular complexity index is 322. The Kier molecular flexibility index (Phi) is 5.19. The average molecular weight is 254 g/mol. The van der Waals surface area contributed by atoms with E-state index in [0.29, 0.717) is 6.54 Å². The van der Waals surface area contributed by atoms with Crippen LogP contribution in [0.1, 0.15) is 38.5 Å². The van der Waals surface area contributed by atoms with E-state index in [1.165, 1.54) is 0 Å². The van der Waals surface area contributed by atoms with E-state index in [1.807, 2.05) is 0 Å². The van der Waals surface area contributed by atoms with Gasteiger partial charge in [0.2, 0.25) is 0 Å². The van der Waals surface area contributed by atoms with Crippen LogP contribution in [0, 0.1) is 0 Å². The molecule has 102 valence electrons. The van der Waals surface area contributed by atoms with Crippen molar-refractivity contribution in [1.82, 2.24) is 10.2 Å². The van der Waals surface area contributed by atoms with Crippen LogP contribution < -0.4 is 5.32 Å². The molecular weight excluding hydrogens is 232 g/mol. The fourth-order valence-corrected chi connectivity index (χ4v) is 2.62. The van der Waals surface area contributed by atoms with Crippen LogP contribution in [0.5, 0.6) is 0 Å². The van der Waals surface area contributed by atoms with Gasteiger partial charge in [-0.15, -0.1) is 6.58 Å². The van der Waals surface area contributed by atoms with Crippen LogP contribution in [0.25, 0.3) is 0 Å². The zero-order chi connectivity index (χ0) is 13.6. The average Bonchev–Trinajstić information content (AvgIpc) is 2.35. The quantitative estimate of drug-likeness (QED) is 0.737. The molecule has 0 heterocycles. The molecule has 1 saturated carbocycles. The first kappa shape index (κ1) is 14.5. The summed E-state index contributed by atoms with van der Waals surface area (Å²) in [6.45, 7) is 3.94. The summed E-state index contributed by atoms with van der Waals surface area (Å²) in [5.41, 5.74) is -0.532. The van der Waals surface area contributed by atoms with E-state index in [-0.39, 0.29) is 12.5 Å². The molecule has 0 unspecified atom stereocenters. The van der Waals surface area contributed by atoms with E-state index >= 15 is 0 Å². The maximum absolute atomic E-state index is 12.0. The standard InChI is InChI=1S/C13H22N2O3/c1-3-9-14-12(18)15(2)13(10-11(16)17)7-5-4-6-8-13/h3H,1,4-10H2,2H3,(H,14,18)(H,16,17). The first-order valence-corrected chi connectivity index (χ1v) is 6.36. The monoisotopic (exact) mass is 254 g/mol. The molecule has 1 rings (SSSR count). The third kappa shape index (κ3) is 3.48. The molecule has 5 heteroatoms. The SMILES string of the molecule is C=CCNC(=O)N(C)C1(CC(=O)O)CCCCC1. The molecule has 0 aliphatic heterocycles. The molecule has 0 aromatic rings. The summed E-state index contributed by atoms with van der Waals surface area (Å²) >= 11 is 0. The highest BCUT2D eigenvalue weighted by Crippen LogP contribution is 2.35. The zero-order valence-electron chi connectivity index (χ0n) is 10.9. The third-order valence-corrected chi connectivity index (χ3v) is 3.68. The van der Waals surface area contributed by atoms with Gasteiger partial charge in [0.1, 0.15) is 0 Å². The number of nitrogens with one attached hydrogen (secondary N) is 1. The number of amides is 2. The fourth-order valence-electron chi connectivity index (χ4n) is 2.62. The number of urea groups is 1. The molecule has 5 nitrogen and oxygen atoms in total. The maximum atomic E-state index is 12.0. The molecule has 2 amide bonds. The molecule has 0 radical (unpaired) electrons. The Balaban J connectivity index is 2.77. The summed E-state index contributed by atoms with van der Waals surface area (Å²) in [7, 11) is 1.69. The number of rotatable bonds is 5.